The first-order valence-corrected chi connectivity index (χ1v) is 9.21. The predicted molar refractivity (Wildman–Crippen MR) is 109 cm³/mol. The average Bonchev–Trinajstić information content (AvgIpc) is 2.77. The number of benzene rings is 2. The number of hydrogen-bond donors (Lipinski definition) is 1. The number of halogens is 4. The zero-order chi connectivity index (χ0) is 22.0. The van der Waals surface area contributed by atoms with E-state index in [0.717, 1.165) is 0 Å². The van der Waals surface area contributed by atoms with Crippen LogP contribution in [0.1, 0.15) is 0 Å². The quantitative estimate of drug-likeness (QED) is 0.427. The first kappa shape index (κ1) is 20.5. The molecule has 4 aromatic rings. The van der Waals surface area contributed by atoms with Gasteiger partial charge >= 0.3 is 6.18 Å². The molecule has 0 saturated heterocycles. The molecule has 0 aliphatic rings. The lowest BCUT2D eigenvalue weighted by Gasteiger charge is -2.15. The van der Waals surface area contributed by atoms with Gasteiger partial charge < -0.3 is 10.1 Å². The molecule has 0 unspecified atom stereocenters. The first-order chi connectivity index (χ1) is 14.9. The van der Waals surface area contributed by atoms with Crippen LogP contribution in [0, 0.1) is 5.82 Å². The summed E-state index contributed by atoms with van der Waals surface area (Å²) < 4.78 is 58.6. The van der Waals surface area contributed by atoms with Crippen molar-refractivity contribution >= 4 is 16.7 Å². The zero-order valence-electron chi connectivity index (χ0n) is 16.2. The van der Waals surface area contributed by atoms with Crippen LogP contribution in [0.4, 0.5) is 23.4 Å². The van der Waals surface area contributed by atoms with Gasteiger partial charge in [0.1, 0.15) is 29.4 Å². The van der Waals surface area contributed by atoms with Crippen molar-refractivity contribution in [3.63, 3.8) is 0 Å². The molecule has 0 fully saturated rings. The van der Waals surface area contributed by atoms with Gasteiger partial charge in [-0.1, -0.05) is 18.2 Å². The highest BCUT2D eigenvalue weighted by atomic mass is 19.4. The van der Waals surface area contributed by atoms with Crippen LogP contribution in [0.3, 0.4) is 0 Å². The minimum atomic E-state index is -4.46. The molecular weight excluding hydrogens is 412 g/mol. The van der Waals surface area contributed by atoms with Crippen molar-refractivity contribution in [3.8, 4) is 28.3 Å². The lowest BCUT2D eigenvalue weighted by Crippen LogP contribution is -2.22. The monoisotopic (exact) mass is 428 g/mol. The molecule has 5 nitrogen and oxygen atoms in total. The van der Waals surface area contributed by atoms with E-state index in [0.29, 0.717) is 16.6 Å². The van der Waals surface area contributed by atoms with Crippen LogP contribution in [0.5, 0.6) is 5.75 Å². The summed E-state index contributed by atoms with van der Waals surface area (Å²) in [4.78, 5) is 12.8. The Bertz CT molecular complexity index is 1230. The van der Waals surface area contributed by atoms with Crippen molar-refractivity contribution in [2.45, 2.75) is 6.18 Å². The van der Waals surface area contributed by atoms with Crippen LogP contribution in [0.25, 0.3) is 33.4 Å². The molecule has 0 spiro atoms. The molecule has 158 valence electrons. The van der Waals surface area contributed by atoms with E-state index in [9.17, 15) is 17.6 Å². The minimum absolute atomic E-state index is 0.0438. The van der Waals surface area contributed by atoms with Crippen molar-refractivity contribution in [1.82, 2.24) is 15.0 Å². The Balaban J connectivity index is 1.96. The summed E-state index contributed by atoms with van der Waals surface area (Å²) in [5, 5.41) is 2.61. The Morgan fingerprint density at radius 1 is 1.00 bits per heavy atom. The molecule has 0 bridgehead atoms. The van der Waals surface area contributed by atoms with E-state index >= 15 is 0 Å². The molecule has 9 heteroatoms. The van der Waals surface area contributed by atoms with Gasteiger partial charge in [0, 0.05) is 28.9 Å². The summed E-state index contributed by atoms with van der Waals surface area (Å²) in [5.41, 5.74) is 1.52. The van der Waals surface area contributed by atoms with E-state index in [4.69, 9.17) is 4.74 Å². The molecule has 4 rings (SSSR count). The summed E-state index contributed by atoms with van der Waals surface area (Å²) in [6, 6.07) is 12.6. The van der Waals surface area contributed by atoms with Gasteiger partial charge in [0.15, 0.2) is 5.82 Å². The summed E-state index contributed by atoms with van der Waals surface area (Å²) in [7, 11) is 1.41. The van der Waals surface area contributed by atoms with E-state index in [1.807, 2.05) is 0 Å². The third kappa shape index (κ3) is 4.40. The van der Waals surface area contributed by atoms with Crippen molar-refractivity contribution in [3.05, 3.63) is 66.7 Å². The third-order valence-corrected chi connectivity index (χ3v) is 4.55. The van der Waals surface area contributed by atoms with Gasteiger partial charge in [-0.3, -0.25) is 4.98 Å². The summed E-state index contributed by atoms with van der Waals surface area (Å²) in [6.45, 7) is -1.29. The van der Waals surface area contributed by atoms with Gasteiger partial charge in [0.05, 0.1) is 7.11 Å². The number of rotatable bonds is 5. The number of nitrogens with one attached hydrogen (secondary N) is 1. The fraction of sp³-hybridized carbons (Fsp3) is 0.136. The van der Waals surface area contributed by atoms with E-state index in [-0.39, 0.29) is 28.3 Å². The van der Waals surface area contributed by atoms with Crippen molar-refractivity contribution in [2.75, 3.05) is 19.0 Å². The predicted octanol–water partition coefficient (Wildman–Crippen LogP) is 5.48. The van der Waals surface area contributed by atoms with Gasteiger partial charge in [0.2, 0.25) is 0 Å². The summed E-state index contributed by atoms with van der Waals surface area (Å²) in [5.74, 6) is -0.0557. The smallest absolute Gasteiger partial charge is 0.405 e. The second-order valence-electron chi connectivity index (χ2n) is 6.66. The van der Waals surface area contributed by atoms with Gasteiger partial charge in [-0.2, -0.15) is 13.2 Å². The number of methoxy groups -OCH3 is 1. The number of hydrogen-bond acceptors (Lipinski definition) is 5. The van der Waals surface area contributed by atoms with Crippen LogP contribution in [0.15, 0.2) is 60.9 Å². The van der Waals surface area contributed by atoms with Crippen molar-refractivity contribution < 1.29 is 22.3 Å². The van der Waals surface area contributed by atoms with Crippen LogP contribution < -0.4 is 10.1 Å². The highest BCUT2D eigenvalue weighted by molar-refractivity contribution is 5.98. The Morgan fingerprint density at radius 3 is 2.48 bits per heavy atom. The van der Waals surface area contributed by atoms with Crippen LogP contribution >= 0.6 is 0 Å². The molecule has 2 aromatic heterocycles. The summed E-state index contributed by atoms with van der Waals surface area (Å²) in [6.07, 6.45) is -1.39. The van der Waals surface area contributed by atoms with Gasteiger partial charge in [-0.15, -0.1) is 0 Å². The highest BCUT2D eigenvalue weighted by Gasteiger charge is 2.28. The largest absolute Gasteiger partial charge is 0.494 e. The fourth-order valence-electron chi connectivity index (χ4n) is 3.15. The molecule has 0 aliphatic heterocycles. The van der Waals surface area contributed by atoms with Crippen LogP contribution in [0.2, 0.25) is 0 Å². The Morgan fingerprint density at radius 2 is 1.81 bits per heavy atom. The van der Waals surface area contributed by atoms with Crippen LogP contribution in [-0.2, 0) is 0 Å². The number of ether oxygens (including phenoxy) is 1. The Kier molecular flexibility index (Phi) is 5.41. The minimum Gasteiger partial charge on any atom is -0.494 e. The number of nitrogens with zero attached hydrogens (tertiary/aromatic N) is 3. The number of fused-ring (bicyclic) bond motifs is 1. The first-order valence-electron chi connectivity index (χ1n) is 9.21. The number of aromatic nitrogens is 3. The molecule has 2 aromatic carbocycles. The number of anilines is 1. The maximum Gasteiger partial charge on any atom is 0.405 e. The van der Waals surface area contributed by atoms with E-state index in [1.165, 1.54) is 19.4 Å². The zero-order valence-corrected chi connectivity index (χ0v) is 16.2. The second kappa shape index (κ2) is 8.17. The molecule has 0 saturated carbocycles. The molecule has 1 N–H and O–H groups in total. The lowest BCUT2D eigenvalue weighted by atomic mass is 10.0. The molecule has 2 heterocycles. The Labute approximate surface area is 174 Å². The number of pyridine rings is 1. The SMILES string of the molecule is COc1cc(-c2ccccc2F)cc2c(NCC(F)(F)F)nc(-c3cccnc3)nc12. The average molecular weight is 428 g/mol. The molecule has 0 atom stereocenters. The molecule has 0 aliphatic carbocycles. The molecular formula is C22H16F4N4O. The van der Waals surface area contributed by atoms with E-state index in [2.05, 4.69) is 20.3 Å². The van der Waals surface area contributed by atoms with Gasteiger partial charge in [0.25, 0.3) is 0 Å². The third-order valence-electron chi connectivity index (χ3n) is 4.55. The normalized spacial score (nSPS) is 11.5. The molecule has 0 amide bonds. The standard InChI is InChI=1S/C22H16F4N4O/c1-31-18-10-14(15-6-2-3-7-17(15)23)9-16-19(18)29-20(13-5-4-8-27-11-13)30-21(16)28-12-22(24,25)26/h2-11H,12H2,1H3,(H,28,29,30). The fourth-order valence-corrected chi connectivity index (χ4v) is 3.15. The van der Waals surface area contributed by atoms with Gasteiger partial charge in [-0.25, -0.2) is 14.4 Å². The molecule has 31 heavy (non-hydrogen) atoms. The topological polar surface area (TPSA) is 59.9 Å². The molecule has 0 radical (unpaired) electrons. The second-order valence-corrected chi connectivity index (χ2v) is 6.66. The van der Waals surface area contributed by atoms with Gasteiger partial charge in [-0.05, 0) is 35.9 Å². The maximum atomic E-state index is 14.4. The summed E-state index contributed by atoms with van der Waals surface area (Å²) >= 11 is 0. The van der Waals surface area contributed by atoms with E-state index in [1.54, 1.807) is 48.7 Å². The Hall–Kier alpha value is -3.75. The van der Waals surface area contributed by atoms with E-state index < -0.39 is 18.5 Å². The van der Waals surface area contributed by atoms with Crippen molar-refractivity contribution in [1.29, 1.82) is 0 Å². The van der Waals surface area contributed by atoms with Crippen molar-refractivity contribution in [2.24, 2.45) is 0 Å². The lowest BCUT2D eigenvalue weighted by molar-refractivity contribution is -0.115. The maximum absolute atomic E-state index is 14.4. The number of alkyl halides is 3. The van der Waals surface area contributed by atoms with Crippen LogP contribution in [-0.4, -0.2) is 34.8 Å². The highest BCUT2D eigenvalue weighted by Crippen LogP contribution is 2.36.